The van der Waals surface area contributed by atoms with Crippen LogP contribution >= 0.6 is 0 Å². The first kappa shape index (κ1) is 14.3. The summed E-state index contributed by atoms with van der Waals surface area (Å²) in [6, 6.07) is 3.19. The first-order valence-electron chi connectivity index (χ1n) is 7.34. The van der Waals surface area contributed by atoms with Crippen molar-refractivity contribution in [1.82, 2.24) is 14.9 Å². The minimum absolute atomic E-state index is 0.487. The van der Waals surface area contributed by atoms with Gasteiger partial charge in [-0.25, -0.2) is 9.97 Å². The van der Waals surface area contributed by atoms with Crippen molar-refractivity contribution in [1.29, 1.82) is 0 Å². The maximum Gasteiger partial charge on any atom is 0.130 e. The zero-order chi connectivity index (χ0) is 14.0. The fourth-order valence-electron chi connectivity index (χ4n) is 2.69. The highest BCUT2D eigenvalue weighted by atomic mass is 15.2. The summed E-state index contributed by atoms with van der Waals surface area (Å²) in [6.45, 7) is 13.2. The second-order valence-corrected chi connectivity index (χ2v) is 5.92. The maximum atomic E-state index is 4.51. The topological polar surface area (TPSA) is 41.0 Å². The van der Waals surface area contributed by atoms with E-state index in [1.807, 2.05) is 6.92 Å². The van der Waals surface area contributed by atoms with Gasteiger partial charge in [0.1, 0.15) is 11.6 Å². The number of nitrogens with one attached hydrogen (secondary N) is 1. The van der Waals surface area contributed by atoms with Crippen molar-refractivity contribution >= 4 is 5.82 Å². The summed E-state index contributed by atoms with van der Waals surface area (Å²) in [5.41, 5.74) is 1.11. The molecule has 4 heteroatoms. The summed E-state index contributed by atoms with van der Waals surface area (Å²) in [6.07, 6.45) is 0.955. The van der Waals surface area contributed by atoms with E-state index in [2.05, 4.69) is 53.9 Å². The van der Waals surface area contributed by atoms with Crippen molar-refractivity contribution in [2.24, 2.45) is 5.92 Å². The van der Waals surface area contributed by atoms with E-state index in [-0.39, 0.29) is 0 Å². The smallest absolute Gasteiger partial charge is 0.130 e. The van der Waals surface area contributed by atoms with E-state index < -0.39 is 0 Å². The van der Waals surface area contributed by atoms with Crippen LogP contribution in [0.5, 0.6) is 0 Å². The van der Waals surface area contributed by atoms with Crippen LogP contribution in [0.3, 0.4) is 0 Å². The lowest BCUT2D eigenvalue weighted by Gasteiger charge is -2.20. The Morgan fingerprint density at radius 2 is 2.11 bits per heavy atom. The molecule has 0 bridgehead atoms. The molecule has 0 radical (unpaired) electrons. The second kappa shape index (κ2) is 5.87. The fraction of sp³-hybridized carbons (Fsp3) is 0.733. The summed E-state index contributed by atoms with van der Waals surface area (Å²) in [7, 11) is 0. The van der Waals surface area contributed by atoms with Crippen molar-refractivity contribution in [3.05, 3.63) is 17.6 Å². The predicted molar refractivity (Wildman–Crippen MR) is 79.4 cm³/mol. The molecule has 2 heterocycles. The predicted octanol–water partition coefficient (Wildman–Crippen LogP) is 2.49. The average molecular weight is 262 g/mol. The maximum absolute atomic E-state index is 4.51. The Bertz CT molecular complexity index is 430. The molecule has 0 amide bonds. The minimum Gasteiger partial charge on any atom is -0.366 e. The Balaban J connectivity index is 2.07. The highest BCUT2D eigenvalue weighted by Crippen LogP contribution is 2.22. The highest BCUT2D eigenvalue weighted by molar-refractivity contribution is 5.38. The molecule has 1 fully saturated rings. The molecular formula is C15H26N4. The van der Waals surface area contributed by atoms with Gasteiger partial charge >= 0.3 is 0 Å². The van der Waals surface area contributed by atoms with E-state index >= 15 is 0 Å². The number of rotatable bonds is 4. The van der Waals surface area contributed by atoms with Crippen molar-refractivity contribution in [3.63, 3.8) is 0 Å². The average Bonchev–Trinajstić information content (AvgIpc) is 2.70. The van der Waals surface area contributed by atoms with Crippen LogP contribution in [0.1, 0.15) is 39.2 Å². The van der Waals surface area contributed by atoms with Crippen molar-refractivity contribution in [2.75, 3.05) is 18.4 Å². The first-order chi connectivity index (χ1) is 8.99. The standard InChI is InChI=1S/C15H26N4/c1-6-13-7-15(17-12(5)16-13)18-14-9-19(10(2)3)8-11(14)4/h7,10-11,14H,6,8-9H2,1-5H3,(H,16,17,18). The third-order valence-electron chi connectivity index (χ3n) is 3.96. The number of nitrogens with zero attached hydrogens (tertiary/aromatic N) is 3. The molecule has 0 aliphatic carbocycles. The molecule has 1 aliphatic heterocycles. The Morgan fingerprint density at radius 1 is 1.37 bits per heavy atom. The SMILES string of the molecule is CCc1cc(NC2CN(C(C)C)CC2C)nc(C)n1. The molecule has 2 unspecified atom stereocenters. The van der Waals surface area contributed by atoms with Gasteiger partial charge in [-0.2, -0.15) is 0 Å². The summed E-state index contributed by atoms with van der Waals surface area (Å²) < 4.78 is 0. The lowest BCUT2D eigenvalue weighted by Crippen LogP contribution is -2.31. The molecule has 0 spiro atoms. The second-order valence-electron chi connectivity index (χ2n) is 5.92. The van der Waals surface area contributed by atoms with Gasteiger partial charge in [-0.1, -0.05) is 13.8 Å². The van der Waals surface area contributed by atoms with E-state index in [4.69, 9.17) is 0 Å². The molecular weight excluding hydrogens is 236 g/mol. The van der Waals surface area contributed by atoms with Gasteiger partial charge in [0.25, 0.3) is 0 Å². The van der Waals surface area contributed by atoms with E-state index in [0.717, 1.165) is 30.3 Å². The van der Waals surface area contributed by atoms with Crippen LogP contribution in [-0.2, 0) is 6.42 Å². The number of hydrogen-bond acceptors (Lipinski definition) is 4. The Kier molecular flexibility index (Phi) is 4.40. The van der Waals surface area contributed by atoms with Crippen molar-refractivity contribution < 1.29 is 0 Å². The summed E-state index contributed by atoms with van der Waals surface area (Å²) in [4.78, 5) is 11.5. The molecule has 2 atom stereocenters. The fourth-order valence-corrected chi connectivity index (χ4v) is 2.69. The molecule has 4 nitrogen and oxygen atoms in total. The number of aromatic nitrogens is 2. The molecule has 1 aliphatic rings. The zero-order valence-electron chi connectivity index (χ0n) is 12.8. The van der Waals surface area contributed by atoms with Gasteiger partial charge in [-0.05, 0) is 33.1 Å². The van der Waals surface area contributed by atoms with Gasteiger partial charge in [-0.15, -0.1) is 0 Å². The van der Waals surface area contributed by atoms with Crippen LogP contribution in [-0.4, -0.2) is 40.0 Å². The van der Waals surface area contributed by atoms with Crippen LogP contribution in [0.2, 0.25) is 0 Å². The van der Waals surface area contributed by atoms with Crippen molar-refractivity contribution in [2.45, 2.75) is 53.1 Å². The van der Waals surface area contributed by atoms with Gasteiger partial charge in [0, 0.05) is 36.9 Å². The van der Waals surface area contributed by atoms with Gasteiger partial charge in [0.2, 0.25) is 0 Å². The van der Waals surface area contributed by atoms with Gasteiger partial charge in [0.15, 0.2) is 0 Å². The Labute approximate surface area is 116 Å². The molecule has 2 rings (SSSR count). The lowest BCUT2D eigenvalue weighted by molar-refractivity contribution is 0.267. The monoisotopic (exact) mass is 262 g/mol. The number of aryl methyl sites for hydroxylation is 2. The molecule has 1 aromatic rings. The minimum atomic E-state index is 0.487. The van der Waals surface area contributed by atoms with Crippen LogP contribution in [0, 0.1) is 12.8 Å². The molecule has 0 saturated carbocycles. The van der Waals surface area contributed by atoms with Gasteiger partial charge in [-0.3, -0.25) is 4.90 Å². The third-order valence-corrected chi connectivity index (χ3v) is 3.96. The normalized spacial score (nSPS) is 24.1. The van der Waals surface area contributed by atoms with Crippen molar-refractivity contribution in [3.8, 4) is 0 Å². The molecule has 106 valence electrons. The van der Waals surface area contributed by atoms with Crippen LogP contribution < -0.4 is 5.32 Å². The lowest BCUT2D eigenvalue weighted by atomic mass is 10.1. The zero-order valence-corrected chi connectivity index (χ0v) is 12.8. The summed E-state index contributed by atoms with van der Waals surface area (Å²) in [5, 5.41) is 3.60. The molecule has 19 heavy (non-hydrogen) atoms. The summed E-state index contributed by atoms with van der Waals surface area (Å²) >= 11 is 0. The Hall–Kier alpha value is -1.16. The van der Waals surface area contributed by atoms with Crippen LogP contribution in [0.15, 0.2) is 6.07 Å². The highest BCUT2D eigenvalue weighted by Gasteiger charge is 2.30. The van der Waals surface area contributed by atoms with E-state index in [1.54, 1.807) is 0 Å². The van der Waals surface area contributed by atoms with E-state index in [0.29, 0.717) is 18.0 Å². The first-order valence-corrected chi connectivity index (χ1v) is 7.34. The molecule has 1 N–H and O–H groups in total. The van der Waals surface area contributed by atoms with E-state index in [1.165, 1.54) is 6.54 Å². The number of likely N-dealkylation sites (tertiary alicyclic amines) is 1. The Morgan fingerprint density at radius 3 is 2.68 bits per heavy atom. The third kappa shape index (κ3) is 3.44. The molecule has 0 aromatic carbocycles. The van der Waals surface area contributed by atoms with E-state index in [9.17, 15) is 0 Å². The van der Waals surface area contributed by atoms with Gasteiger partial charge < -0.3 is 5.32 Å². The largest absolute Gasteiger partial charge is 0.366 e. The van der Waals surface area contributed by atoms with Gasteiger partial charge in [0.05, 0.1) is 0 Å². The quantitative estimate of drug-likeness (QED) is 0.905. The molecule has 1 saturated heterocycles. The molecule has 1 aromatic heterocycles. The van der Waals surface area contributed by atoms with Crippen LogP contribution in [0.25, 0.3) is 0 Å². The summed E-state index contributed by atoms with van der Waals surface area (Å²) in [5.74, 6) is 2.49. The van der Waals surface area contributed by atoms with Crippen LogP contribution in [0.4, 0.5) is 5.82 Å². The number of hydrogen-bond donors (Lipinski definition) is 1. The number of anilines is 1.